The van der Waals surface area contributed by atoms with Gasteiger partial charge in [-0.25, -0.2) is 16.8 Å². The Hall–Kier alpha value is -3.00. The number of hydrogen-bond donors (Lipinski definition) is 0. The molecule has 176 valence electrons. The standard InChI is InChI=1S/C27H28FN3O2S/c1-20-8-11-23(12-9-20)34(32,33)31-26-13-10-22(28)18-24(26)25(19-30-16-14-29(2)15-17-30)27(31)21-6-4-3-5-7-21/h3-13,18H,14-17,19H2,1-2H3. The Morgan fingerprint density at radius 1 is 0.882 bits per heavy atom. The Balaban J connectivity index is 1.78. The van der Waals surface area contributed by atoms with E-state index >= 15 is 0 Å². The second kappa shape index (κ2) is 8.98. The van der Waals surface area contributed by atoms with E-state index in [0.29, 0.717) is 23.1 Å². The van der Waals surface area contributed by atoms with Crippen LogP contribution in [0.25, 0.3) is 22.2 Å². The first-order valence-corrected chi connectivity index (χ1v) is 12.9. The van der Waals surface area contributed by atoms with E-state index in [2.05, 4.69) is 16.8 Å². The van der Waals surface area contributed by atoms with E-state index in [1.165, 1.54) is 16.1 Å². The molecule has 1 saturated heterocycles. The summed E-state index contributed by atoms with van der Waals surface area (Å²) in [4.78, 5) is 4.80. The van der Waals surface area contributed by atoms with E-state index < -0.39 is 10.0 Å². The molecule has 0 atom stereocenters. The van der Waals surface area contributed by atoms with Crippen molar-refractivity contribution in [3.05, 3.63) is 89.7 Å². The van der Waals surface area contributed by atoms with Crippen LogP contribution in [0, 0.1) is 12.7 Å². The highest BCUT2D eigenvalue weighted by molar-refractivity contribution is 7.90. The molecule has 0 radical (unpaired) electrons. The molecule has 1 aromatic heterocycles. The summed E-state index contributed by atoms with van der Waals surface area (Å²) in [7, 11) is -1.84. The van der Waals surface area contributed by atoms with Gasteiger partial charge in [-0.15, -0.1) is 0 Å². The summed E-state index contributed by atoms with van der Waals surface area (Å²) in [6, 6.07) is 20.8. The number of likely N-dealkylation sites (N-methyl/N-ethyl adjacent to an activating group) is 1. The maximum Gasteiger partial charge on any atom is 0.268 e. The van der Waals surface area contributed by atoms with Crippen molar-refractivity contribution < 1.29 is 12.8 Å². The average Bonchev–Trinajstić information content (AvgIpc) is 3.15. The van der Waals surface area contributed by atoms with Gasteiger partial charge in [0.1, 0.15) is 5.82 Å². The molecule has 1 aliphatic heterocycles. The van der Waals surface area contributed by atoms with E-state index in [1.807, 2.05) is 37.3 Å². The lowest BCUT2D eigenvalue weighted by atomic mass is 10.0. The third-order valence-corrected chi connectivity index (χ3v) is 8.30. The molecular weight excluding hydrogens is 449 g/mol. The highest BCUT2D eigenvalue weighted by atomic mass is 32.2. The minimum absolute atomic E-state index is 0.211. The molecule has 1 fully saturated rings. The third kappa shape index (κ3) is 4.15. The van der Waals surface area contributed by atoms with Gasteiger partial charge in [-0.3, -0.25) is 4.90 Å². The van der Waals surface area contributed by atoms with Crippen LogP contribution in [0.2, 0.25) is 0 Å². The predicted octanol–water partition coefficient (Wildman–Crippen LogP) is 4.74. The number of piperazine rings is 1. The summed E-state index contributed by atoms with van der Waals surface area (Å²) in [5, 5.41) is 0.633. The zero-order valence-electron chi connectivity index (χ0n) is 19.4. The lowest BCUT2D eigenvalue weighted by Crippen LogP contribution is -2.43. The number of hydrogen-bond acceptors (Lipinski definition) is 4. The quantitative estimate of drug-likeness (QED) is 0.417. The maximum atomic E-state index is 14.5. The molecule has 1 aliphatic rings. The fraction of sp³-hybridized carbons (Fsp3) is 0.259. The summed E-state index contributed by atoms with van der Waals surface area (Å²) in [5.74, 6) is -0.378. The van der Waals surface area contributed by atoms with E-state index in [-0.39, 0.29) is 10.7 Å². The van der Waals surface area contributed by atoms with Gasteiger partial charge in [0.05, 0.1) is 16.1 Å². The molecule has 5 nitrogen and oxygen atoms in total. The van der Waals surface area contributed by atoms with Gasteiger partial charge in [0.2, 0.25) is 0 Å². The Morgan fingerprint density at radius 2 is 1.56 bits per heavy atom. The summed E-state index contributed by atoms with van der Waals surface area (Å²) in [5.41, 5.74) is 3.70. The molecule has 0 unspecified atom stereocenters. The van der Waals surface area contributed by atoms with Crippen molar-refractivity contribution in [1.29, 1.82) is 0 Å². The van der Waals surface area contributed by atoms with Crippen molar-refractivity contribution in [2.24, 2.45) is 0 Å². The van der Waals surface area contributed by atoms with Gasteiger partial charge >= 0.3 is 0 Å². The number of nitrogens with zero attached hydrogens (tertiary/aromatic N) is 3. The summed E-state index contributed by atoms with van der Waals surface area (Å²) in [6.45, 7) is 6.10. The van der Waals surface area contributed by atoms with Crippen molar-refractivity contribution in [3.63, 3.8) is 0 Å². The Bertz CT molecular complexity index is 1420. The lowest BCUT2D eigenvalue weighted by molar-refractivity contribution is 0.148. The molecule has 7 heteroatoms. The zero-order chi connectivity index (χ0) is 23.9. The number of halogens is 1. The summed E-state index contributed by atoms with van der Waals surface area (Å²) in [6.07, 6.45) is 0. The van der Waals surface area contributed by atoms with Crippen LogP contribution in [0.3, 0.4) is 0 Å². The second-order valence-electron chi connectivity index (χ2n) is 9.02. The average molecular weight is 478 g/mol. The molecule has 0 N–H and O–H groups in total. The molecule has 3 aromatic carbocycles. The van der Waals surface area contributed by atoms with Crippen LogP contribution in [0.5, 0.6) is 0 Å². The lowest BCUT2D eigenvalue weighted by Gasteiger charge is -2.32. The van der Waals surface area contributed by atoms with Crippen LogP contribution in [0.15, 0.2) is 77.7 Å². The topological polar surface area (TPSA) is 45.6 Å². The Labute approximate surface area is 200 Å². The molecule has 0 bridgehead atoms. The van der Waals surface area contributed by atoms with Crippen LogP contribution in [0.4, 0.5) is 4.39 Å². The first-order valence-electron chi connectivity index (χ1n) is 11.5. The zero-order valence-corrected chi connectivity index (χ0v) is 20.2. The van der Waals surface area contributed by atoms with E-state index in [4.69, 9.17) is 0 Å². The maximum absolute atomic E-state index is 14.5. The number of fused-ring (bicyclic) bond motifs is 1. The van der Waals surface area contributed by atoms with E-state index in [1.54, 1.807) is 30.3 Å². The Morgan fingerprint density at radius 3 is 2.24 bits per heavy atom. The highest BCUT2D eigenvalue weighted by Gasteiger charge is 2.29. The van der Waals surface area contributed by atoms with Crippen molar-refractivity contribution in [1.82, 2.24) is 13.8 Å². The molecule has 0 saturated carbocycles. The van der Waals surface area contributed by atoms with Crippen molar-refractivity contribution in [2.45, 2.75) is 18.4 Å². The molecule has 2 heterocycles. The first-order chi connectivity index (χ1) is 16.3. The van der Waals surface area contributed by atoms with Gasteiger partial charge in [0, 0.05) is 43.7 Å². The molecule has 34 heavy (non-hydrogen) atoms. The summed E-state index contributed by atoms with van der Waals surface area (Å²) < 4.78 is 44.0. The van der Waals surface area contributed by atoms with E-state index in [9.17, 15) is 12.8 Å². The molecule has 0 spiro atoms. The smallest absolute Gasteiger partial charge is 0.268 e. The van der Waals surface area contributed by atoms with Crippen molar-refractivity contribution in [3.8, 4) is 11.3 Å². The van der Waals surface area contributed by atoms with Crippen LogP contribution in [-0.2, 0) is 16.6 Å². The fourth-order valence-electron chi connectivity index (χ4n) is 4.64. The van der Waals surface area contributed by atoms with Crippen molar-refractivity contribution in [2.75, 3.05) is 33.2 Å². The minimum Gasteiger partial charge on any atom is -0.304 e. The third-order valence-electron chi connectivity index (χ3n) is 6.58. The molecular formula is C27H28FN3O2S. The molecule has 4 aromatic rings. The monoisotopic (exact) mass is 477 g/mol. The van der Waals surface area contributed by atoms with Crippen molar-refractivity contribution >= 4 is 20.9 Å². The molecule has 0 aliphatic carbocycles. The van der Waals surface area contributed by atoms with Gasteiger partial charge in [0.25, 0.3) is 10.0 Å². The SMILES string of the molecule is Cc1ccc(S(=O)(=O)n2c(-c3ccccc3)c(CN3CCN(C)CC3)c3cc(F)ccc32)cc1. The van der Waals surface area contributed by atoms with Gasteiger partial charge in [-0.2, -0.15) is 0 Å². The van der Waals surface area contributed by atoms with Gasteiger partial charge in [-0.05, 0) is 49.9 Å². The largest absolute Gasteiger partial charge is 0.304 e. The predicted molar refractivity (Wildman–Crippen MR) is 134 cm³/mol. The molecule has 0 amide bonds. The van der Waals surface area contributed by atoms with Gasteiger partial charge < -0.3 is 4.90 Å². The van der Waals surface area contributed by atoms with Crippen LogP contribution >= 0.6 is 0 Å². The second-order valence-corrected chi connectivity index (χ2v) is 10.8. The van der Waals surface area contributed by atoms with Gasteiger partial charge in [-0.1, -0.05) is 48.0 Å². The van der Waals surface area contributed by atoms with Gasteiger partial charge in [0.15, 0.2) is 0 Å². The minimum atomic E-state index is -3.94. The van der Waals surface area contributed by atoms with E-state index in [0.717, 1.165) is 42.9 Å². The normalized spacial score (nSPS) is 15.7. The Kier molecular flexibility index (Phi) is 6.02. The number of aryl methyl sites for hydroxylation is 1. The molecule has 5 rings (SSSR count). The number of aromatic nitrogens is 1. The van der Waals surface area contributed by atoms with Crippen LogP contribution in [-0.4, -0.2) is 55.4 Å². The first kappa shape index (κ1) is 22.8. The van der Waals surface area contributed by atoms with Crippen LogP contribution < -0.4 is 0 Å². The number of rotatable bonds is 5. The number of benzene rings is 3. The van der Waals surface area contributed by atoms with Crippen LogP contribution in [0.1, 0.15) is 11.1 Å². The fourth-order valence-corrected chi connectivity index (χ4v) is 6.21. The highest BCUT2D eigenvalue weighted by Crippen LogP contribution is 2.38. The summed E-state index contributed by atoms with van der Waals surface area (Å²) >= 11 is 0.